The molecule has 1 aromatic heterocycles. The van der Waals surface area contributed by atoms with E-state index in [0.717, 1.165) is 9.58 Å². The van der Waals surface area contributed by atoms with E-state index in [1.165, 1.54) is 43.4 Å². The van der Waals surface area contributed by atoms with Crippen molar-refractivity contribution in [2.45, 2.75) is 6.54 Å². The topological polar surface area (TPSA) is 122 Å². The number of nitrogens with zero attached hydrogens (tertiary/aromatic N) is 3. The van der Waals surface area contributed by atoms with Crippen LogP contribution in [0.5, 0.6) is 0 Å². The van der Waals surface area contributed by atoms with Gasteiger partial charge in [-0.25, -0.2) is 13.9 Å². The van der Waals surface area contributed by atoms with Crippen LogP contribution in [-0.2, 0) is 16.1 Å². The molecule has 0 saturated carbocycles. The van der Waals surface area contributed by atoms with Gasteiger partial charge in [0.25, 0.3) is 5.56 Å². The number of carboxylic acid groups (broad SMARTS) is 1. The Kier molecular flexibility index (Phi) is 5.86. The quantitative estimate of drug-likeness (QED) is 0.630. The molecular weight excluding hydrogens is 395 g/mol. The van der Waals surface area contributed by atoms with E-state index < -0.39 is 35.7 Å². The molecule has 0 fully saturated rings. The second kappa shape index (κ2) is 8.52. The molecular formula is C20H17FN4O5. The Morgan fingerprint density at radius 2 is 1.73 bits per heavy atom. The lowest BCUT2D eigenvalue weighted by atomic mass is 10.1. The number of rotatable bonds is 6. The van der Waals surface area contributed by atoms with Crippen LogP contribution in [0.2, 0.25) is 0 Å². The number of hydrogen-bond acceptors (Lipinski definition) is 5. The summed E-state index contributed by atoms with van der Waals surface area (Å²) < 4.78 is 13.7. The molecule has 3 aromatic rings. The number of nitrogens with one attached hydrogen (secondary N) is 1. The molecule has 9 nitrogen and oxygen atoms in total. The van der Waals surface area contributed by atoms with E-state index in [0.29, 0.717) is 5.69 Å². The van der Waals surface area contributed by atoms with Gasteiger partial charge in [0.15, 0.2) is 5.69 Å². The zero-order chi connectivity index (χ0) is 21.8. The van der Waals surface area contributed by atoms with E-state index in [-0.39, 0.29) is 23.0 Å². The van der Waals surface area contributed by atoms with Gasteiger partial charge < -0.3 is 15.3 Å². The number of hydrogen-bond donors (Lipinski definition) is 2. The minimum atomic E-state index is -1.33. The molecule has 0 atom stereocenters. The number of halogens is 1. The molecule has 0 radical (unpaired) electrons. The summed E-state index contributed by atoms with van der Waals surface area (Å²) in [6.07, 6.45) is 0. The van der Waals surface area contributed by atoms with Gasteiger partial charge >= 0.3 is 5.97 Å². The molecule has 2 aromatic carbocycles. The Morgan fingerprint density at radius 1 is 1.10 bits per heavy atom. The zero-order valence-corrected chi connectivity index (χ0v) is 15.8. The lowest BCUT2D eigenvalue weighted by Gasteiger charge is -2.17. The average molecular weight is 412 g/mol. The highest BCUT2D eigenvalue weighted by Gasteiger charge is 2.19. The number of aromatic carboxylic acids is 1. The van der Waals surface area contributed by atoms with E-state index in [1.54, 1.807) is 12.1 Å². The Morgan fingerprint density at radius 3 is 2.37 bits per heavy atom. The summed E-state index contributed by atoms with van der Waals surface area (Å²) in [4.78, 5) is 49.7. The first-order chi connectivity index (χ1) is 14.3. The van der Waals surface area contributed by atoms with Gasteiger partial charge in [0.1, 0.15) is 12.4 Å². The molecule has 3 rings (SSSR count). The van der Waals surface area contributed by atoms with Crippen LogP contribution in [0.1, 0.15) is 10.5 Å². The maximum atomic E-state index is 12.9. The van der Waals surface area contributed by atoms with Gasteiger partial charge in [-0.1, -0.05) is 18.2 Å². The third kappa shape index (κ3) is 4.49. The standard InChI is InChI=1S/C20H17FN4O5/c1-24(10-16(26)22-13-8-6-12(21)7-9-13)17(27)11-25-19(28)15-5-3-2-4-14(15)18(23-25)20(29)30/h2-9H,10-11H2,1H3,(H,22,26)(H,29,30). The lowest BCUT2D eigenvalue weighted by molar-refractivity contribution is -0.134. The fourth-order valence-corrected chi connectivity index (χ4v) is 2.79. The smallest absolute Gasteiger partial charge is 0.357 e. The van der Waals surface area contributed by atoms with E-state index in [4.69, 9.17) is 0 Å². The molecule has 2 N–H and O–H groups in total. The molecule has 0 saturated heterocycles. The van der Waals surface area contributed by atoms with Gasteiger partial charge in [-0.05, 0) is 30.3 Å². The summed E-state index contributed by atoms with van der Waals surface area (Å²) in [6.45, 7) is -0.866. The Balaban J connectivity index is 1.75. The third-order valence-corrected chi connectivity index (χ3v) is 4.29. The first-order valence-corrected chi connectivity index (χ1v) is 8.79. The number of amides is 2. The average Bonchev–Trinajstić information content (AvgIpc) is 2.71. The van der Waals surface area contributed by atoms with Crippen LogP contribution in [0.3, 0.4) is 0 Å². The summed E-state index contributed by atoms with van der Waals surface area (Å²) in [6, 6.07) is 11.2. The molecule has 0 spiro atoms. The van der Waals surface area contributed by atoms with Crippen molar-refractivity contribution in [3.05, 3.63) is 70.4 Å². The number of fused-ring (bicyclic) bond motifs is 1. The van der Waals surface area contributed by atoms with Crippen LogP contribution in [-0.4, -0.2) is 51.2 Å². The number of likely N-dealkylation sites (N-methyl/N-ethyl adjacent to an activating group) is 1. The minimum Gasteiger partial charge on any atom is -0.476 e. The first-order valence-electron chi connectivity index (χ1n) is 8.79. The van der Waals surface area contributed by atoms with E-state index in [9.17, 15) is 28.7 Å². The summed E-state index contributed by atoms with van der Waals surface area (Å²) in [7, 11) is 1.36. The van der Waals surface area contributed by atoms with Crippen LogP contribution in [0, 0.1) is 5.82 Å². The maximum Gasteiger partial charge on any atom is 0.357 e. The number of carbonyl (C=O) groups excluding carboxylic acids is 2. The highest BCUT2D eigenvalue weighted by Crippen LogP contribution is 2.13. The van der Waals surface area contributed by atoms with Crippen LogP contribution >= 0.6 is 0 Å². The van der Waals surface area contributed by atoms with Crippen molar-refractivity contribution in [1.82, 2.24) is 14.7 Å². The highest BCUT2D eigenvalue weighted by molar-refractivity contribution is 6.01. The molecule has 0 aliphatic carbocycles. The van der Waals surface area contributed by atoms with Crippen molar-refractivity contribution in [2.24, 2.45) is 0 Å². The van der Waals surface area contributed by atoms with Crippen LogP contribution in [0.4, 0.5) is 10.1 Å². The molecule has 10 heteroatoms. The van der Waals surface area contributed by atoms with Crippen LogP contribution < -0.4 is 10.9 Å². The first kappa shape index (κ1) is 20.6. The minimum absolute atomic E-state index is 0.120. The second-order valence-corrected chi connectivity index (χ2v) is 6.47. The SMILES string of the molecule is CN(CC(=O)Nc1ccc(F)cc1)C(=O)Cn1nc(C(=O)O)c2ccccc2c1=O. The highest BCUT2D eigenvalue weighted by atomic mass is 19.1. The van der Waals surface area contributed by atoms with Crippen LogP contribution in [0.15, 0.2) is 53.3 Å². The molecule has 0 aliphatic rings. The Labute approximate surface area is 169 Å². The largest absolute Gasteiger partial charge is 0.476 e. The van der Waals surface area contributed by atoms with Gasteiger partial charge in [0, 0.05) is 18.1 Å². The van der Waals surface area contributed by atoms with Gasteiger partial charge in [0.2, 0.25) is 11.8 Å². The number of benzene rings is 2. The maximum absolute atomic E-state index is 12.9. The number of carboxylic acids is 1. The van der Waals surface area contributed by atoms with Crippen LogP contribution in [0.25, 0.3) is 10.8 Å². The number of aromatic nitrogens is 2. The fraction of sp³-hybridized carbons (Fsp3) is 0.150. The predicted molar refractivity (Wildman–Crippen MR) is 106 cm³/mol. The molecule has 0 aliphatic heterocycles. The third-order valence-electron chi connectivity index (χ3n) is 4.29. The summed E-state index contributed by atoms with van der Waals surface area (Å²) >= 11 is 0. The van der Waals surface area contributed by atoms with Gasteiger partial charge in [-0.3, -0.25) is 14.4 Å². The molecule has 154 valence electrons. The molecule has 0 bridgehead atoms. The van der Waals surface area contributed by atoms with E-state index >= 15 is 0 Å². The Hall–Kier alpha value is -4.08. The van der Waals surface area contributed by atoms with Crippen molar-refractivity contribution in [1.29, 1.82) is 0 Å². The van der Waals surface area contributed by atoms with E-state index in [2.05, 4.69) is 10.4 Å². The second-order valence-electron chi connectivity index (χ2n) is 6.47. The molecule has 1 heterocycles. The van der Waals surface area contributed by atoms with Gasteiger partial charge in [0.05, 0.1) is 11.9 Å². The van der Waals surface area contributed by atoms with E-state index in [1.807, 2.05) is 0 Å². The number of anilines is 1. The summed E-state index contributed by atoms with van der Waals surface area (Å²) in [5, 5.41) is 16.0. The van der Waals surface area contributed by atoms with Crippen molar-refractivity contribution in [2.75, 3.05) is 18.9 Å². The Bertz CT molecular complexity index is 1190. The van der Waals surface area contributed by atoms with Crippen molar-refractivity contribution >= 4 is 34.2 Å². The van der Waals surface area contributed by atoms with Crippen molar-refractivity contribution in [3.63, 3.8) is 0 Å². The van der Waals surface area contributed by atoms with Crippen molar-refractivity contribution in [3.8, 4) is 0 Å². The summed E-state index contributed by atoms with van der Waals surface area (Å²) in [5.41, 5.74) is -0.608. The van der Waals surface area contributed by atoms with Gasteiger partial charge in [-0.2, -0.15) is 5.10 Å². The summed E-state index contributed by atoms with van der Waals surface area (Å²) in [5.74, 6) is -2.93. The molecule has 0 unspecified atom stereocenters. The lowest BCUT2D eigenvalue weighted by Crippen LogP contribution is -2.39. The molecule has 2 amide bonds. The van der Waals surface area contributed by atoms with Crippen molar-refractivity contribution < 1.29 is 23.9 Å². The number of carbonyl (C=O) groups is 3. The fourth-order valence-electron chi connectivity index (χ4n) is 2.79. The molecule has 30 heavy (non-hydrogen) atoms. The normalized spacial score (nSPS) is 10.6. The monoisotopic (exact) mass is 412 g/mol. The predicted octanol–water partition coefficient (Wildman–Crippen LogP) is 1.33. The van der Waals surface area contributed by atoms with Gasteiger partial charge in [-0.15, -0.1) is 0 Å². The zero-order valence-electron chi connectivity index (χ0n) is 15.8.